The van der Waals surface area contributed by atoms with Gasteiger partial charge < -0.3 is 20.1 Å². The van der Waals surface area contributed by atoms with Crippen molar-refractivity contribution in [2.75, 3.05) is 11.8 Å². The minimum atomic E-state index is -3.64. The van der Waals surface area contributed by atoms with Gasteiger partial charge in [-0.05, 0) is 37.1 Å². The van der Waals surface area contributed by atoms with Crippen LogP contribution in [0.25, 0.3) is 0 Å². The Labute approximate surface area is 185 Å². The van der Waals surface area contributed by atoms with Gasteiger partial charge in [0.1, 0.15) is 5.75 Å². The van der Waals surface area contributed by atoms with Crippen LogP contribution in [-0.2, 0) is 22.1 Å². The molecule has 0 unspecified atom stereocenters. The number of aliphatic hydroxyl groups excluding tert-OH is 1. The van der Waals surface area contributed by atoms with Gasteiger partial charge >= 0.3 is 0 Å². The Hall–Kier alpha value is -2.83. The van der Waals surface area contributed by atoms with E-state index < -0.39 is 27.7 Å². The van der Waals surface area contributed by atoms with Crippen molar-refractivity contribution in [2.45, 2.75) is 42.7 Å². The van der Waals surface area contributed by atoms with Crippen LogP contribution in [0.15, 0.2) is 57.9 Å². The van der Waals surface area contributed by atoms with E-state index in [-0.39, 0.29) is 34.1 Å². The summed E-state index contributed by atoms with van der Waals surface area (Å²) < 4.78 is 30.7. The number of aromatic nitrogens is 2. The Morgan fingerprint density at radius 2 is 1.94 bits per heavy atom. The summed E-state index contributed by atoms with van der Waals surface area (Å²) in [7, 11) is -3.64. The molecule has 2 N–H and O–H groups in total. The van der Waals surface area contributed by atoms with Gasteiger partial charge in [-0.3, -0.25) is 10.1 Å². The lowest BCUT2D eigenvalue weighted by molar-refractivity contribution is 0.169. The zero-order chi connectivity index (χ0) is 22.9. The summed E-state index contributed by atoms with van der Waals surface area (Å²) in [4.78, 5) is 6.30. The third-order valence-corrected chi connectivity index (χ3v) is 7.05. The van der Waals surface area contributed by atoms with E-state index >= 15 is 0 Å². The minimum absolute atomic E-state index is 0.0309. The fourth-order valence-corrected chi connectivity index (χ4v) is 5.00. The molecule has 0 spiro atoms. The van der Waals surface area contributed by atoms with E-state index in [0.717, 1.165) is 5.56 Å². The number of para-hydroxylation sites is 1. The SMILES string of the molecule is Cc1ccc(S(=O)(=O)Cc2noc([C@H]3C[C@@H](O)CN3Cc3ccccc3N([O-])O)n2)cc1. The van der Waals surface area contributed by atoms with Gasteiger partial charge in [-0.15, -0.1) is 0 Å². The number of β-amino-alcohol motifs (C(OH)–C–C–N with tert-alkyl or cyclic N) is 1. The summed E-state index contributed by atoms with van der Waals surface area (Å²) in [5.41, 5.74) is 1.61. The Balaban J connectivity index is 1.53. The maximum absolute atomic E-state index is 12.7. The zero-order valence-corrected chi connectivity index (χ0v) is 18.1. The third kappa shape index (κ3) is 4.81. The van der Waals surface area contributed by atoms with E-state index in [1.807, 2.05) is 11.8 Å². The molecule has 0 saturated carbocycles. The molecule has 11 heteroatoms. The summed E-state index contributed by atoms with van der Waals surface area (Å²) in [6, 6.07) is 12.6. The van der Waals surface area contributed by atoms with Crippen molar-refractivity contribution in [1.29, 1.82) is 0 Å². The highest BCUT2D eigenvalue weighted by molar-refractivity contribution is 7.90. The Morgan fingerprint density at radius 3 is 2.66 bits per heavy atom. The second-order valence-electron chi connectivity index (χ2n) is 7.86. The number of aryl methyl sites for hydroxylation is 1. The molecule has 1 fully saturated rings. The third-order valence-electron chi connectivity index (χ3n) is 5.42. The fraction of sp³-hybridized carbons (Fsp3) is 0.333. The summed E-state index contributed by atoms with van der Waals surface area (Å²) in [6.07, 6.45) is -0.342. The molecule has 2 heterocycles. The molecule has 3 aromatic rings. The van der Waals surface area contributed by atoms with Crippen molar-refractivity contribution < 1.29 is 23.3 Å². The molecule has 1 aliphatic rings. The summed E-state index contributed by atoms with van der Waals surface area (Å²) >= 11 is 0. The highest BCUT2D eigenvalue weighted by Crippen LogP contribution is 2.34. The topological polar surface area (TPSA) is 143 Å². The van der Waals surface area contributed by atoms with Gasteiger partial charge in [0.2, 0.25) is 5.89 Å². The van der Waals surface area contributed by atoms with Crippen LogP contribution in [-0.4, -0.2) is 46.4 Å². The maximum Gasteiger partial charge on any atom is 0.244 e. The van der Waals surface area contributed by atoms with Crippen LogP contribution >= 0.6 is 0 Å². The lowest BCUT2D eigenvalue weighted by Gasteiger charge is -2.27. The number of aliphatic hydroxyl groups is 1. The van der Waals surface area contributed by atoms with E-state index in [9.17, 15) is 23.9 Å². The summed E-state index contributed by atoms with van der Waals surface area (Å²) in [5, 5.41) is 34.6. The van der Waals surface area contributed by atoms with Crippen molar-refractivity contribution in [2.24, 2.45) is 0 Å². The Kier molecular flexibility index (Phi) is 6.26. The first kappa shape index (κ1) is 22.4. The molecule has 0 radical (unpaired) electrons. The van der Waals surface area contributed by atoms with E-state index in [1.54, 1.807) is 42.5 Å². The van der Waals surface area contributed by atoms with Gasteiger partial charge in [-0.25, -0.2) is 8.42 Å². The highest BCUT2D eigenvalue weighted by atomic mass is 32.2. The Bertz CT molecular complexity index is 1180. The van der Waals surface area contributed by atoms with Gasteiger partial charge in [0.05, 0.1) is 22.7 Å². The van der Waals surface area contributed by atoms with Crippen LogP contribution in [0, 0.1) is 12.1 Å². The van der Waals surface area contributed by atoms with E-state index in [1.165, 1.54) is 6.07 Å². The van der Waals surface area contributed by atoms with Gasteiger partial charge in [0.15, 0.2) is 15.7 Å². The van der Waals surface area contributed by atoms with E-state index in [2.05, 4.69) is 10.1 Å². The predicted octanol–water partition coefficient (Wildman–Crippen LogP) is 2.35. The van der Waals surface area contributed by atoms with E-state index in [0.29, 0.717) is 18.5 Å². The van der Waals surface area contributed by atoms with Gasteiger partial charge in [-0.2, -0.15) is 4.98 Å². The van der Waals surface area contributed by atoms with E-state index in [4.69, 9.17) is 4.52 Å². The number of hydrogen-bond donors (Lipinski definition) is 2. The normalized spacial score (nSPS) is 19.4. The molecule has 0 bridgehead atoms. The number of anilines is 1. The first-order valence-corrected chi connectivity index (χ1v) is 11.7. The molecular formula is C21H23N4O6S-. The quantitative estimate of drug-likeness (QED) is 0.505. The summed E-state index contributed by atoms with van der Waals surface area (Å²) in [6.45, 7) is 2.41. The van der Waals surface area contributed by atoms with Crippen LogP contribution in [0.2, 0.25) is 0 Å². The number of hydrogen-bond acceptors (Lipinski definition) is 10. The molecule has 170 valence electrons. The van der Waals surface area contributed by atoms with Gasteiger partial charge in [0.25, 0.3) is 0 Å². The first-order chi connectivity index (χ1) is 15.2. The van der Waals surface area contributed by atoms with Crippen molar-refractivity contribution >= 4 is 15.5 Å². The van der Waals surface area contributed by atoms with Crippen molar-refractivity contribution in [3.63, 3.8) is 0 Å². The number of nitrogens with zero attached hydrogens (tertiary/aromatic N) is 4. The smallest absolute Gasteiger partial charge is 0.244 e. The predicted molar refractivity (Wildman–Crippen MR) is 114 cm³/mol. The standard InChI is InChI=1S/C21H23N4O6S/c1-14-6-8-17(9-7-14)32(29,30)13-20-22-21(31-23-20)19-10-16(26)12-24(19)11-15-4-2-3-5-18(15)25(27)28/h2-9,16,19,26-27H,10-13H2,1H3/q-1/t16-,19-/m1/s1. The highest BCUT2D eigenvalue weighted by Gasteiger charge is 2.36. The van der Waals surface area contributed by atoms with Crippen LogP contribution in [0.5, 0.6) is 0 Å². The maximum atomic E-state index is 12.7. The molecule has 10 nitrogen and oxygen atoms in total. The molecule has 0 amide bonds. The Morgan fingerprint density at radius 1 is 1.22 bits per heavy atom. The lowest BCUT2D eigenvalue weighted by atomic mass is 10.1. The monoisotopic (exact) mass is 459 g/mol. The average Bonchev–Trinajstić information content (AvgIpc) is 3.34. The number of benzene rings is 2. The lowest BCUT2D eigenvalue weighted by Crippen LogP contribution is -2.25. The average molecular weight is 460 g/mol. The summed E-state index contributed by atoms with van der Waals surface area (Å²) in [5.74, 6) is -0.188. The molecule has 1 saturated heterocycles. The molecule has 4 rings (SSSR count). The molecule has 0 aliphatic carbocycles. The second kappa shape index (κ2) is 8.96. The van der Waals surface area contributed by atoms with Crippen molar-refractivity contribution in [1.82, 2.24) is 15.0 Å². The number of sulfone groups is 1. The van der Waals surface area contributed by atoms with Crippen molar-refractivity contribution in [3.05, 3.63) is 76.6 Å². The zero-order valence-electron chi connectivity index (χ0n) is 17.3. The molecule has 1 aromatic heterocycles. The van der Waals surface area contributed by atoms with Crippen LogP contribution in [0.1, 0.15) is 35.3 Å². The largest absolute Gasteiger partial charge is 0.733 e. The molecule has 32 heavy (non-hydrogen) atoms. The molecule has 2 aromatic carbocycles. The van der Waals surface area contributed by atoms with Crippen LogP contribution in [0.3, 0.4) is 0 Å². The van der Waals surface area contributed by atoms with Crippen molar-refractivity contribution in [3.8, 4) is 0 Å². The van der Waals surface area contributed by atoms with Crippen LogP contribution < -0.4 is 5.23 Å². The minimum Gasteiger partial charge on any atom is -0.733 e. The molecule has 1 aliphatic heterocycles. The number of likely N-dealkylation sites (tertiary alicyclic amines) is 1. The molecule has 2 atom stereocenters. The fourth-order valence-electron chi connectivity index (χ4n) is 3.82. The second-order valence-corrected chi connectivity index (χ2v) is 9.85. The van der Waals surface area contributed by atoms with Gasteiger partial charge in [0, 0.05) is 13.1 Å². The molecular weight excluding hydrogens is 436 g/mol. The van der Waals surface area contributed by atoms with Gasteiger partial charge in [-0.1, -0.05) is 41.1 Å². The van der Waals surface area contributed by atoms with Crippen LogP contribution in [0.4, 0.5) is 5.69 Å². The first-order valence-electron chi connectivity index (χ1n) is 10.0. The number of rotatable bonds is 7.